The molecule has 2 aromatic rings. The highest BCUT2D eigenvalue weighted by Gasteiger charge is 2.33. The molecule has 0 aromatic heterocycles. The van der Waals surface area contributed by atoms with Gasteiger partial charge in [-0.25, -0.2) is 9.18 Å². The second kappa shape index (κ2) is 8.68. The molecule has 9 heteroatoms. The molecule has 3 rings (SSSR count). The number of nitro groups is 1. The molecular formula is C20H19FN2O6. The monoisotopic (exact) mass is 402 g/mol. The molecule has 0 spiro atoms. The summed E-state index contributed by atoms with van der Waals surface area (Å²) in [5, 5.41) is 11.3. The Kier molecular flexibility index (Phi) is 6.06. The molecule has 2 aromatic carbocycles. The molecule has 1 aliphatic rings. The molecule has 29 heavy (non-hydrogen) atoms. The SMILES string of the molecule is COC(=O)c1ccc(OCC(=O)N(Cc2ccccc2F)C2CC2)c([N+](=O)[O-])c1. The third-order valence-corrected chi connectivity index (χ3v) is 4.53. The first-order valence-electron chi connectivity index (χ1n) is 8.93. The summed E-state index contributed by atoms with van der Waals surface area (Å²) in [6.07, 6.45) is 1.63. The molecule has 0 bridgehead atoms. The van der Waals surface area contributed by atoms with E-state index in [0.717, 1.165) is 18.9 Å². The maximum Gasteiger partial charge on any atom is 0.338 e. The predicted octanol–water partition coefficient (Wildman–Crippen LogP) is 3.09. The van der Waals surface area contributed by atoms with Crippen molar-refractivity contribution in [2.75, 3.05) is 13.7 Å². The zero-order chi connectivity index (χ0) is 21.0. The molecular weight excluding hydrogens is 383 g/mol. The van der Waals surface area contributed by atoms with Crippen molar-refractivity contribution in [1.29, 1.82) is 0 Å². The van der Waals surface area contributed by atoms with Crippen molar-refractivity contribution in [3.63, 3.8) is 0 Å². The van der Waals surface area contributed by atoms with Crippen molar-refractivity contribution in [2.24, 2.45) is 0 Å². The van der Waals surface area contributed by atoms with Gasteiger partial charge in [0.25, 0.3) is 5.91 Å². The number of nitrogens with zero attached hydrogens (tertiary/aromatic N) is 2. The van der Waals surface area contributed by atoms with E-state index in [4.69, 9.17) is 4.74 Å². The molecule has 0 unspecified atom stereocenters. The molecule has 0 radical (unpaired) electrons. The number of methoxy groups -OCH3 is 1. The number of carbonyl (C=O) groups excluding carboxylic acids is 2. The normalized spacial score (nSPS) is 12.9. The smallest absolute Gasteiger partial charge is 0.338 e. The van der Waals surface area contributed by atoms with Gasteiger partial charge >= 0.3 is 11.7 Å². The molecule has 0 heterocycles. The van der Waals surface area contributed by atoms with E-state index in [-0.39, 0.29) is 23.9 Å². The van der Waals surface area contributed by atoms with Crippen LogP contribution in [0.15, 0.2) is 42.5 Å². The van der Waals surface area contributed by atoms with Gasteiger partial charge in [-0.1, -0.05) is 18.2 Å². The van der Waals surface area contributed by atoms with E-state index in [1.807, 2.05) is 0 Å². The lowest BCUT2D eigenvalue weighted by Crippen LogP contribution is -2.36. The fourth-order valence-electron chi connectivity index (χ4n) is 2.87. The minimum Gasteiger partial charge on any atom is -0.477 e. The molecule has 0 saturated heterocycles. The van der Waals surface area contributed by atoms with Gasteiger partial charge in [0, 0.05) is 24.2 Å². The quantitative estimate of drug-likeness (QED) is 0.382. The van der Waals surface area contributed by atoms with Crippen LogP contribution >= 0.6 is 0 Å². The number of nitro benzene ring substituents is 1. The van der Waals surface area contributed by atoms with Crippen molar-refractivity contribution >= 4 is 17.6 Å². The first-order valence-corrected chi connectivity index (χ1v) is 8.93. The van der Waals surface area contributed by atoms with Gasteiger partial charge < -0.3 is 14.4 Å². The van der Waals surface area contributed by atoms with Crippen molar-refractivity contribution < 1.29 is 28.4 Å². The van der Waals surface area contributed by atoms with Crippen LogP contribution in [-0.4, -0.2) is 41.5 Å². The van der Waals surface area contributed by atoms with Gasteiger partial charge in [-0.15, -0.1) is 0 Å². The molecule has 8 nitrogen and oxygen atoms in total. The Labute approximate surface area is 166 Å². The minimum atomic E-state index is -0.722. The Hall–Kier alpha value is -3.49. The summed E-state index contributed by atoms with van der Waals surface area (Å²) in [7, 11) is 1.17. The fraction of sp³-hybridized carbons (Fsp3) is 0.300. The third-order valence-electron chi connectivity index (χ3n) is 4.53. The Balaban J connectivity index is 1.72. The Morgan fingerprint density at radius 1 is 1.24 bits per heavy atom. The third kappa shape index (κ3) is 4.87. The summed E-state index contributed by atoms with van der Waals surface area (Å²) in [5.41, 5.74) is -0.0639. The zero-order valence-electron chi connectivity index (χ0n) is 15.7. The van der Waals surface area contributed by atoms with Crippen LogP contribution in [0.25, 0.3) is 0 Å². The van der Waals surface area contributed by atoms with Crippen LogP contribution in [0.1, 0.15) is 28.8 Å². The largest absolute Gasteiger partial charge is 0.477 e. The number of amides is 1. The van der Waals surface area contributed by atoms with Gasteiger partial charge in [-0.3, -0.25) is 14.9 Å². The molecule has 0 N–H and O–H groups in total. The van der Waals surface area contributed by atoms with Crippen LogP contribution in [0, 0.1) is 15.9 Å². The number of ether oxygens (including phenoxy) is 2. The highest BCUT2D eigenvalue weighted by molar-refractivity contribution is 5.90. The lowest BCUT2D eigenvalue weighted by Gasteiger charge is -2.23. The Morgan fingerprint density at radius 3 is 2.59 bits per heavy atom. The lowest BCUT2D eigenvalue weighted by molar-refractivity contribution is -0.385. The standard InChI is InChI=1S/C20H19FN2O6/c1-28-20(25)13-6-9-18(17(10-13)23(26)27)29-12-19(24)22(15-7-8-15)11-14-4-2-3-5-16(14)21/h2-6,9-10,15H,7-8,11-12H2,1H3. The first-order chi connectivity index (χ1) is 13.9. The van der Waals surface area contributed by atoms with Crippen LogP contribution in [-0.2, 0) is 16.1 Å². The van der Waals surface area contributed by atoms with E-state index in [0.29, 0.717) is 5.56 Å². The number of hydrogen-bond acceptors (Lipinski definition) is 6. The van der Waals surface area contributed by atoms with E-state index in [9.17, 15) is 24.1 Å². The summed E-state index contributed by atoms with van der Waals surface area (Å²) >= 11 is 0. The number of hydrogen-bond donors (Lipinski definition) is 0. The van der Waals surface area contributed by atoms with E-state index >= 15 is 0 Å². The van der Waals surface area contributed by atoms with Crippen LogP contribution in [0.2, 0.25) is 0 Å². The van der Waals surface area contributed by atoms with Gasteiger partial charge in [-0.2, -0.15) is 0 Å². The fourth-order valence-corrected chi connectivity index (χ4v) is 2.87. The van der Waals surface area contributed by atoms with E-state index < -0.39 is 34.9 Å². The summed E-state index contributed by atoms with van der Waals surface area (Å²) in [4.78, 5) is 36.3. The average molecular weight is 402 g/mol. The maximum atomic E-state index is 13.9. The van der Waals surface area contributed by atoms with Gasteiger partial charge in [0.1, 0.15) is 5.82 Å². The zero-order valence-corrected chi connectivity index (χ0v) is 15.7. The minimum absolute atomic E-state index is 0.00222. The maximum absolute atomic E-state index is 13.9. The van der Waals surface area contributed by atoms with Gasteiger partial charge in [0.05, 0.1) is 17.6 Å². The van der Waals surface area contributed by atoms with Crippen molar-refractivity contribution in [2.45, 2.75) is 25.4 Å². The van der Waals surface area contributed by atoms with E-state index in [1.165, 1.54) is 30.2 Å². The summed E-state index contributed by atoms with van der Waals surface area (Å²) < 4.78 is 23.9. The van der Waals surface area contributed by atoms with Crippen LogP contribution in [0.3, 0.4) is 0 Å². The molecule has 1 saturated carbocycles. The summed E-state index contributed by atoms with van der Waals surface area (Å²) in [6.45, 7) is -0.341. The predicted molar refractivity (Wildman–Crippen MR) is 99.9 cm³/mol. The van der Waals surface area contributed by atoms with Crippen LogP contribution in [0.4, 0.5) is 10.1 Å². The number of esters is 1. The highest BCUT2D eigenvalue weighted by atomic mass is 19.1. The molecule has 0 aliphatic heterocycles. The number of carbonyl (C=O) groups is 2. The highest BCUT2D eigenvalue weighted by Crippen LogP contribution is 2.31. The first kappa shape index (κ1) is 20.2. The Bertz CT molecular complexity index is 944. The van der Waals surface area contributed by atoms with Crippen molar-refractivity contribution in [3.8, 4) is 5.75 Å². The van der Waals surface area contributed by atoms with Gasteiger partial charge in [0.15, 0.2) is 12.4 Å². The van der Waals surface area contributed by atoms with Crippen molar-refractivity contribution in [3.05, 3.63) is 69.5 Å². The van der Waals surface area contributed by atoms with Crippen molar-refractivity contribution in [1.82, 2.24) is 4.90 Å². The topological polar surface area (TPSA) is 99.0 Å². The number of rotatable bonds is 8. The summed E-state index contributed by atoms with van der Waals surface area (Å²) in [5.74, 6) is -1.67. The van der Waals surface area contributed by atoms with Gasteiger partial charge in [0.2, 0.25) is 0 Å². The summed E-state index contributed by atoms with van der Waals surface area (Å²) in [6, 6.07) is 9.79. The second-order valence-corrected chi connectivity index (χ2v) is 6.56. The number of halogens is 1. The number of benzene rings is 2. The molecule has 152 valence electrons. The van der Waals surface area contributed by atoms with Gasteiger partial charge in [-0.05, 0) is 31.0 Å². The Morgan fingerprint density at radius 2 is 1.97 bits per heavy atom. The van der Waals surface area contributed by atoms with Crippen LogP contribution in [0.5, 0.6) is 5.75 Å². The molecule has 0 atom stereocenters. The van der Waals surface area contributed by atoms with Crippen LogP contribution < -0.4 is 4.74 Å². The van der Waals surface area contributed by atoms with E-state index in [2.05, 4.69) is 4.74 Å². The molecule has 1 amide bonds. The lowest BCUT2D eigenvalue weighted by atomic mass is 10.2. The van der Waals surface area contributed by atoms with E-state index in [1.54, 1.807) is 18.2 Å². The second-order valence-electron chi connectivity index (χ2n) is 6.56. The molecule has 1 fully saturated rings. The molecule has 1 aliphatic carbocycles. The average Bonchev–Trinajstić information content (AvgIpc) is 3.55.